The SMILES string of the molecule is CS(=O)(=O)N1CCC([C@H]2C[C@@H](c3nc(-c4ccc(NC(=O)O)cc4)c(Cl)[nH]3)N(C(=O)N3CCC(CN)CC3)C2)CC1.O=C(O)C(F)(F)F.O=C(O)C(F)(F)F. The van der Waals surface area contributed by atoms with Crippen LogP contribution in [0.1, 0.15) is 44.0 Å². The van der Waals surface area contributed by atoms with Gasteiger partial charge in [-0.1, -0.05) is 23.7 Å². The normalized spacial score (nSPS) is 20.2. The molecule has 3 saturated heterocycles. The molecule has 0 saturated carbocycles. The number of anilines is 1. The van der Waals surface area contributed by atoms with Crippen LogP contribution in [0, 0.1) is 17.8 Å². The maximum absolute atomic E-state index is 13.9. The lowest BCUT2D eigenvalue weighted by atomic mass is 9.83. The Morgan fingerprint density at radius 1 is 0.909 bits per heavy atom. The molecule has 2 aromatic rings. The van der Waals surface area contributed by atoms with Crippen LogP contribution in [0.15, 0.2) is 24.3 Å². The second-order valence-electron chi connectivity index (χ2n) is 13.0. The number of likely N-dealkylation sites (tertiary alicyclic amines) is 2. The topological polar surface area (TPSA) is 240 Å². The molecular weight excluding hydrogens is 796 g/mol. The maximum Gasteiger partial charge on any atom is 0.490 e. The number of carboxylic acid groups (broad SMARTS) is 3. The van der Waals surface area contributed by atoms with Gasteiger partial charge < -0.3 is 35.8 Å². The number of amides is 3. The van der Waals surface area contributed by atoms with E-state index in [4.69, 9.17) is 47.2 Å². The number of aromatic nitrogens is 2. The van der Waals surface area contributed by atoms with E-state index in [1.54, 1.807) is 24.3 Å². The van der Waals surface area contributed by atoms with Crippen molar-refractivity contribution in [3.63, 3.8) is 0 Å². The summed E-state index contributed by atoms with van der Waals surface area (Å²) >= 11 is 6.62. The number of halogens is 7. The van der Waals surface area contributed by atoms with Crippen LogP contribution in [0.4, 0.5) is 41.6 Å². The molecule has 5 rings (SSSR count). The summed E-state index contributed by atoms with van der Waals surface area (Å²) < 4.78 is 89.1. The molecule has 0 aliphatic carbocycles. The van der Waals surface area contributed by atoms with Crippen LogP contribution in [-0.2, 0) is 19.6 Å². The zero-order valence-corrected chi connectivity index (χ0v) is 30.7. The summed E-state index contributed by atoms with van der Waals surface area (Å²) in [7, 11) is -3.22. The zero-order chi connectivity index (χ0) is 41.5. The lowest BCUT2D eigenvalue weighted by molar-refractivity contribution is -0.193. The highest BCUT2D eigenvalue weighted by atomic mass is 35.5. The van der Waals surface area contributed by atoms with E-state index in [0.29, 0.717) is 79.9 Å². The number of aliphatic carboxylic acids is 2. The Hall–Kier alpha value is -4.35. The number of nitrogens with one attached hydrogen (secondary N) is 2. The van der Waals surface area contributed by atoms with Crippen molar-refractivity contribution in [2.24, 2.45) is 23.5 Å². The third-order valence-electron chi connectivity index (χ3n) is 9.32. The van der Waals surface area contributed by atoms with E-state index in [-0.39, 0.29) is 18.0 Å². The Bertz CT molecular complexity index is 1740. The first-order valence-electron chi connectivity index (χ1n) is 16.6. The van der Waals surface area contributed by atoms with Crippen molar-refractivity contribution < 1.29 is 69.3 Å². The maximum atomic E-state index is 13.9. The molecule has 0 unspecified atom stereocenters. The van der Waals surface area contributed by atoms with Gasteiger partial charge >= 0.3 is 36.4 Å². The minimum Gasteiger partial charge on any atom is -0.475 e. The molecule has 308 valence electrons. The number of rotatable bonds is 6. The molecule has 3 aliphatic heterocycles. The number of aromatic amines is 1. The van der Waals surface area contributed by atoms with Gasteiger partial charge in [0.1, 0.15) is 16.7 Å². The molecule has 4 heterocycles. The number of hydrogen-bond acceptors (Lipinski definition) is 8. The monoisotopic (exact) mass is 835 g/mol. The molecule has 7 N–H and O–H groups in total. The van der Waals surface area contributed by atoms with Gasteiger partial charge in [0.2, 0.25) is 10.0 Å². The molecule has 1 aromatic carbocycles. The van der Waals surface area contributed by atoms with Crippen LogP contribution in [0.2, 0.25) is 5.15 Å². The molecule has 24 heteroatoms. The number of benzene rings is 1. The number of carboxylic acids is 2. The van der Waals surface area contributed by atoms with Crippen LogP contribution in [0.5, 0.6) is 0 Å². The van der Waals surface area contributed by atoms with E-state index in [0.717, 1.165) is 31.2 Å². The molecular formula is C31H40ClF6N7O9S. The fraction of sp³-hybridized carbons (Fsp3) is 0.581. The fourth-order valence-corrected chi connectivity index (χ4v) is 7.58. The molecule has 0 spiro atoms. The predicted molar refractivity (Wildman–Crippen MR) is 184 cm³/mol. The third kappa shape index (κ3) is 12.9. The van der Waals surface area contributed by atoms with Gasteiger partial charge in [0.25, 0.3) is 0 Å². The van der Waals surface area contributed by atoms with Crippen molar-refractivity contribution in [2.75, 3.05) is 50.8 Å². The Labute approximate surface area is 315 Å². The predicted octanol–water partition coefficient (Wildman–Crippen LogP) is 4.91. The molecule has 2 atom stereocenters. The summed E-state index contributed by atoms with van der Waals surface area (Å²) in [6.07, 6.45) is -6.06. The van der Waals surface area contributed by atoms with Crippen LogP contribution < -0.4 is 11.1 Å². The molecule has 0 radical (unpaired) electrons. The highest BCUT2D eigenvalue weighted by molar-refractivity contribution is 7.88. The van der Waals surface area contributed by atoms with Crippen molar-refractivity contribution in [3.05, 3.63) is 35.2 Å². The zero-order valence-electron chi connectivity index (χ0n) is 29.1. The number of hydrogen-bond donors (Lipinski definition) is 6. The first-order chi connectivity index (χ1) is 25.4. The minimum atomic E-state index is -5.08. The first kappa shape index (κ1) is 45.0. The Balaban J connectivity index is 0.000000494. The summed E-state index contributed by atoms with van der Waals surface area (Å²) in [5.41, 5.74) is 7.55. The van der Waals surface area contributed by atoms with Gasteiger partial charge in [-0.25, -0.2) is 36.9 Å². The number of carbonyl (C=O) groups is 4. The second-order valence-corrected chi connectivity index (χ2v) is 15.4. The fourth-order valence-electron chi connectivity index (χ4n) is 6.45. The molecule has 55 heavy (non-hydrogen) atoms. The van der Waals surface area contributed by atoms with Gasteiger partial charge in [0.05, 0.1) is 12.3 Å². The molecule has 3 fully saturated rings. The number of piperidine rings is 2. The minimum absolute atomic E-state index is 0.0142. The summed E-state index contributed by atoms with van der Waals surface area (Å²) in [5, 5.41) is 25.9. The number of imidazole rings is 1. The van der Waals surface area contributed by atoms with Crippen molar-refractivity contribution in [1.29, 1.82) is 0 Å². The van der Waals surface area contributed by atoms with E-state index in [9.17, 15) is 44.3 Å². The van der Waals surface area contributed by atoms with E-state index in [2.05, 4.69) is 10.3 Å². The molecule has 3 amide bonds. The van der Waals surface area contributed by atoms with E-state index < -0.39 is 40.4 Å². The summed E-state index contributed by atoms with van der Waals surface area (Å²) in [6, 6.07) is 6.46. The van der Waals surface area contributed by atoms with Crippen molar-refractivity contribution in [1.82, 2.24) is 24.1 Å². The number of alkyl halides is 6. The van der Waals surface area contributed by atoms with Gasteiger partial charge in [-0.05, 0) is 68.5 Å². The standard InChI is InChI=1S/C27H38ClN7O5S.2C2HF3O2/c1-41(39,40)34-12-8-18(9-13-34)20-14-22(35(16-20)27(38)33-10-6-17(15-29)7-11-33)25-31-23(24(28)32-25)19-2-4-21(5-3-19)30-26(36)37;2*3-2(4,5)1(6)7/h2-5,17-18,20,22,30H,6-16,29H2,1H3,(H,31,32)(H,36,37);2*(H,6,7)/t20-,22-;;/m0../s1. The van der Waals surface area contributed by atoms with Crippen LogP contribution in [0.3, 0.4) is 0 Å². The quantitative estimate of drug-likeness (QED) is 0.214. The molecule has 0 bridgehead atoms. The van der Waals surface area contributed by atoms with Crippen molar-refractivity contribution in [2.45, 2.75) is 50.5 Å². The highest BCUT2D eigenvalue weighted by Gasteiger charge is 2.44. The number of nitrogens with zero attached hydrogens (tertiary/aromatic N) is 4. The van der Waals surface area contributed by atoms with Crippen molar-refractivity contribution >= 4 is 51.4 Å². The van der Waals surface area contributed by atoms with E-state index in [1.165, 1.54) is 10.6 Å². The van der Waals surface area contributed by atoms with Gasteiger partial charge in [-0.2, -0.15) is 26.3 Å². The largest absolute Gasteiger partial charge is 0.490 e. The number of carbonyl (C=O) groups excluding carboxylic acids is 1. The number of urea groups is 1. The summed E-state index contributed by atoms with van der Waals surface area (Å²) in [6.45, 7) is 3.53. The smallest absolute Gasteiger partial charge is 0.475 e. The molecule has 16 nitrogen and oxygen atoms in total. The van der Waals surface area contributed by atoms with Gasteiger partial charge in [-0.15, -0.1) is 0 Å². The van der Waals surface area contributed by atoms with Gasteiger partial charge in [-0.3, -0.25) is 5.32 Å². The van der Waals surface area contributed by atoms with Crippen LogP contribution in [0.25, 0.3) is 11.3 Å². The lowest BCUT2D eigenvalue weighted by Gasteiger charge is -2.36. The average Bonchev–Trinajstić information content (AvgIpc) is 3.72. The van der Waals surface area contributed by atoms with Gasteiger partial charge in [0.15, 0.2) is 0 Å². The van der Waals surface area contributed by atoms with E-state index in [1.807, 2.05) is 9.80 Å². The van der Waals surface area contributed by atoms with Crippen LogP contribution >= 0.6 is 11.6 Å². The number of nitrogens with two attached hydrogens (primary N) is 1. The Kier molecular flexibility index (Phi) is 15.2. The Morgan fingerprint density at radius 3 is 1.85 bits per heavy atom. The average molecular weight is 836 g/mol. The molecule has 1 aromatic heterocycles. The number of H-pyrrole nitrogens is 1. The van der Waals surface area contributed by atoms with Crippen LogP contribution in [-0.4, -0.2) is 130 Å². The summed E-state index contributed by atoms with van der Waals surface area (Å²) in [5.74, 6) is -3.96. The van der Waals surface area contributed by atoms with E-state index >= 15 is 0 Å². The summed E-state index contributed by atoms with van der Waals surface area (Å²) in [4.78, 5) is 54.5. The van der Waals surface area contributed by atoms with Crippen molar-refractivity contribution in [3.8, 4) is 11.3 Å². The second kappa shape index (κ2) is 18.5. The number of sulfonamides is 1. The lowest BCUT2D eigenvalue weighted by Crippen LogP contribution is -2.47. The third-order valence-corrected chi connectivity index (χ3v) is 10.9. The Morgan fingerprint density at radius 2 is 1.42 bits per heavy atom. The first-order valence-corrected chi connectivity index (χ1v) is 18.8. The van der Waals surface area contributed by atoms with Gasteiger partial charge in [0, 0.05) is 44.0 Å². The highest BCUT2D eigenvalue weighted by Crippen LogP contribution is 2.43. The molecule has 3 aliphatic rings.